The Bertz CT molecular complexity index is 327. The van der Waals surface area contributed by atoms with E-state index in [2.05, 4.69) is 6.58 Å². The minimum Gasteiger partial charge on any atom is -0.388 e. The van der Waals surface area contributed by atoms with Gasteiger partial charge in [0.15, 0.2) is 0 Å². The molecule has 0 aromatic heterocycles. The molecule has 1 atom stereocenters. The van der Waals surface area contributed by atoms with Gasteiger partial charge in [-0.15, -0.1) is 6.58 Å². The van der Waals surface area contributed by atoms with Crippen LogP contribution in [0.15, 0.2) is 30.4 Å². The van der Waals surface area contributed by atoms with Crippen LogP contribution in [0.3, 0.4) is 0 Å². The third-order valence-electron chi connectivity index (χ3n) is 1.81. The molecule has 1 aromatic rings. The van der Waals surface area contributed by atoms with Crippen molar-refractivity contribution < 1.29 is 13.9 Å². The van der Waals surface area contributed by atoms with Crippen LogP contribution in [0, 0.1) is 11.6 Å². The highest BCUT2D eigenvalue weighted by molar-refractivity contribution is 5.21. The van der Waals surface area contributed by atoms with E-state index in [0.29, 0.717) is 6.42 Å². The maximum absolute atomic E-state index is 12.8. The Labute approximate surface area is 81.7 Å². The van der Waals surface area contributed by atoms with Gasteiger partial charge in [-0.3, -0.25) is 0 Å². The van der Waals surface area contributed by atoms with Crippen LogP contribution in [0.2, 0.25) is 0 Å². The topological polar surface area (TPSA) is 20.2 Å². The molecule has 14 heavy (non-hydrogen) atoms. The summed E-state index contributed by atoms with van der Waals surface area (Å²) in [7, 11) is 0. The van der Waals surface area contributed by atoms with Gasteiger partial charge in [-0.1, -0.05) is 5.57 Å². The van der Waals surface area contributed by atoms with Gasteiger partial charge in [-0.2, -0.15) is 0 Å². The first-order chi connectivity index (χ1) is 6.49. The second-order valence-corrected chi connectivity index (χ2v) is 3.38. The fourth-order valence-corrected chi connectivity index (χ4v) is 1.22. The molecule has 0 amide bonds. The molecule has 0 fully saturated rings. The second-order valence-electron chi connectivity index (χ2n) is 3.38. The molecule has 1 aromatic carbocycles. The molecule has 0 saturated heterocycles. The van der Waals surface area contributed by atoms with Crippen molar-refractivity contribution in [1.82, 2.24) is 0 Å². The summed E-state index contributed by atoms with van der Waals surface area (Å²) in [6.45, 7) is 5.37. The summed E-state index contributed by atoms with van der Waals surface area (Å²) in [5.41, 5.74) is 1.01. The summed E-state index contributed by atoms with van der Waals surface area (Å²) >= 11 is 0. The summed E-state index contributed by atoms with van der Waals surface area (Å²) in [5.74, 6) is -1.36. The number of hydrogen-bond acceptors (Lipinski definition) is 1. The standard InChI is InChI=1S/C11H12F2O/c1-7(2)3-11(14)8-4-9(12)6-10(13)5-8/h4-6,11,14H,1,3H2,2H3. The van der Waals surface area contributed by atoms with Crippen LogP contribution in [-0.2, 0) is 0 Å². The first-order valence-corrected chi connectivity index (χ1v) is 4.27. The largest absolute Gasteiger partial charge is 0.388 e. The normalized spacial score (nSPS) is 12.6. The molecule has 0 aliphatic carbocycles. The SMILES string of the molecule is C=C(C)CC(O)c1cc(F)cc(F)c1. The summed E-state index contributed by atoms with van der Waals surface area (Å²) in [6, 6.07) is 3.02. The molecule has 1 nitrogen and oxygen atoms in total. The molecule has 3 heteroatoms. The van der Waals surface area contributed by atoms with E-state index in [9.17, 15) is 13.9 Å². The molecule has 0 bridgehead atoms. The number of aliphatic hydroxyl groups is 1. The first-order valence-electron chi connectivity index (χ1n) is 4.27. The zero-order valence-electron chi connectivity index (χ0n) is 7.93. The highest BCUT2D eigenvalue weighted by atomic mass is 19.1. The van der Waals surface area contributed by atoms with Crippen molar-refractivity contribution in [2.45, 2.75) is 19.4 Å². The average molecular weight is 198 g/mol. The third-order valence-corrected chi connectivity index (χ3v) is 1.81. The maximum atomic E-state index is 12.8. The van der Waals surface area contributed by atoms with Gasteiger partial charge in [0, 0.05) is 6.07 Å². The van der Waals surface area contributed by atoms with Gasteiger partial charge in [-0.25, -0.2) is 8.78 Å². The van der Waals surface area contributed by atoms with Crippen molar-refractivity contribution in [3.8, 4) is 0 Å². The number of hydrogen-bond donors (Lipinski definition) is 1. The molecule has 0 heterocycles. The van der Waals surface area contributed by atoms with E-state index < -0.39 is 17.7 Å². The van der Waals surface area contributed by atoms with Crippen molar-refractivity contribution >= 4 is 0 Å². The summed E-state index contributed by atoms with van der Waals surface area (Å²) in [4.78, 5) is 0. The average Bonchev–Trinajstić information content (AvgIpc) is 2.00. The lowest BCUT2D eigenvalue weighted by atomic mass is 10.0. The van der Waals surface area contributed by atoms with Gasteiger partial charge in [-0.05, 0) is 31.0 Å². The molecule has 1 rings (SSSR count). The van der Waals surface area contributed by atoms with Gasteiger partial charge in [0.2, 0.25) is 0 Å². The molecule has 0 aliphatic rings. The molecular formula is C11H12F2O. The van der Waals surface area contributed by atoms with E-state index in [-0.39, 0.29) is 5.56 Å². The van der Waals surface area contributed by atoms with Crippen LogP contribution in [0.5, 0.6) is 0 Å². The molecule has 1 unspecified atom stereocenters. The summed E-state index contributed by atoms with van der Waals surface area (Å²) in [6.07, 6.45) is -0.583. The molecule has 0 saturated carbocycles. The van der Waals surface area contributed by atoms with Gasteiger partial charge < -0.3 is 5.11 Å². The Morgan fingerprint density at radius 2 is 1.86 bits per heavy atom. The van der Waals surface area contributed by atoms with Crippen LogP contribution in [0.4, 0.5) is 8.78 Å². The maximum Gasteiger partial charge on any atom is 0.126 e. The molecule has 76 valence electrons. The summed E-state index contributed by atoms with van der Waals surface area (Å²) < 4.78 is 25.5. The first kappa shape index (κ1) is 10.9. The van der Waals surface area contributed by atoms with Crippen LogP contribution in [0.25, 0.3) is 0 Å². The Morgan fingerprint density at radius 3 is 2.29 bits per heavy atom. The summed E-state index contributed by atoms with van der Waals surface area (Å²) in [5, 5.41) is 9.55. The van der Waals surface area contributed by atoms with Crippen molar-refractivity contribution in [3.05, 3.63) is 47.5 Å². The fraction of sp³-hybridized carbons (Fsp3) is 0.273. The second kappa shape index (κ2) is 4.33. The smallest absolute Gasteiger partial charge is 0.126 e. The molecule has 0 spiro atoms. The lowest BCUT2D eigenvalue weighted by Gasteiger charge is -2.10. The highest BCUT2D eigenvalue weighted by Crippen LogP contribution is 2.21. The molecule has 0 aliphatic heterocycles. The van der Waals surface area contributed by atoms with E-state index in [0.717, 1.165) is 23.8 Å². The monoisotopic (exact) mass is 198 g/mol. The van der Waals surface area contributed by atoms with Gasteiger partial charge in [0.25, 0.3) is 0 Å². The number of rotatable bonds is 3. The predicted molar refractivity (Wildman–Crippen MR) is 50.7 cm³/mol. The third kappa shape index (κ3) is 2.92. The zero-order chi connectivity index (χ0) is 10.7. The van der Waals surface area contributed by atoms with E-state index in [4.69, 9.17) is 0 Å². The predicted octanol–water partition coefficient (Wildman–Crippen LogP) is 2.96. The Kier molecular flexibility index (Phi) is 3.36. The number of benzene rings is 1. The van der Waals surface area contributed by atoms with Crippen LogP contribution in [0.1, 0.15) is 25.0 Å². The Hall–Kier alpha value is -1.22. The lowest BCUT2D eigenvalue weighted by Crippen LogP contribution is -1.99. The molecule has 1 N–H and O–H groups in total. The van der Waals surface area contributed by atoms with Gasteiger partial charge in [0.1, 0.15) is 11.6 Å². The van der Waals surface area contributed by atoms with E-state index in [1.165, 1.54) is 0 Å². The van der Waals surface area contributed by atoms with Crippen LogP contribution < -0.4 is 0 Å². The van der Waals surface area contributed by atoms with Crippen molar-refractivity contribution in [2.75, 3.05) is 0 Å². The van der Waals surface area contributed by atoms with E-state index in [1.807, 2.05) is 0 Å². The van der Waals surface area contributed by atoms with Crippen LogP contribution >= 0.6 is 0 Å². The zero-order valence-corrected chi connectivity index (χ0v) is 7.93. The highest BCUT2D eigenvalue weighted by Gasteiger charge is 2.10. The van der Waals surface area contributed by atoms with Crippen molar-refractivity contribution in [1.29, 1.82) is 0 Å². The Balaban J connectivity index is 2.89. The lowest BCUT2D eigenvalue weighted by molar-refractivity contribution is 0.177. The van der Waals surface area contributed by atoms with Crippen LogP contribution in [-0.4, -0.2) is 5.11 Å². The van der Waals surface area contributed by atoms with E-state index in [1.54, 1.807) is 6.92 Å². The minimum absolute atomic E-state index is 0.241. The minimum atomic E-state index is -0.891. The van der Waals surface area contributed by atoms with Crippen molar-refractivity contribution in [3.63, 3.8) is 0 Å². The molecular weight excluding hydrogens is 186 g/mol. The fourth-order valence-electron chi connectivity index (χ4n) is 1.22. The quantitative estimate of drug-likeness (QED) is 0.740. The van der Waals surface area contributed by atoms with Gasteiger partial charge >= 0.3 is 0 Å². The molecule has 0 radical (unpaired) electrons. The number of halogens is 2. The van der Waals surface area contributed by atoms with Gasteiger partial charge in [0.05, 0.1) is 6.10 Å². The van der Waals surface area contributed by atoms with E-state index >= 15 is 0 Å². The number of aliphatic hydroxyl groups excluding tert-OH is 1. The van der Waals surface area contributed by atoms with Crippen molar-refractivity contribution in [2.24, 2.45) is 0 Å². The Morgan fingerprint density at radius 1 is 1.36 bits per heavy atom.